The molecule has 1 fully saturated rings. The number of rotatable bonds is 4. The third-order valence-electron chi connectivity index (χ3n) is 4.34. The predicted molar refractivity (Wildman–Crippen MR) is 97.7 cm³/mol. The van der Waals surface area contributed by atoms with Crippen LogP contribution in [0.1, 0.15) is 18.4 Å². The monoisotopic (exact) mass is 356 g/mol. The van der Waals surface area contributed by atoms with Gasteiger partial charge in [0.25, 0.3) is 0 Å². The molecule has 25 heavy (non-hydrogen) atoms. The fourth-order valence-electron chi connectivity index (χ4n) is 2.99. The predicted octanol–water partition coefficient (Wildman–Crippen LogP) is 2.97. The van der Waals surface area contributed by atoms with Crippen LogP contribution in [0.25, 0.3) is 10.4 Å². The molecule has 2 aromatic rings. The minimum Gasteiger partial charge on any atom is -0.495 e. The lowest BCUT2D eigenvalue weighted by Crippen LogP contribution is -2.38. The third kappa shape index (κ3) is 3.98. The van der Waals surface area contributed by atoms with E-state index in [2.05, 4.69) is 21.3 Å². The quantitative estimate of drug-likeness (QED) is 0.911. The molecule has 2 heterocycles. The summed E-state index contributed by atoms with van der Waals surface area (Å²) in [6, 6.07) is 7.50. The molecule has 1 aliphatic rings. The van der Waals surface area contributed by atoms with Crippen LogP contribution in [-0.2, 0) is 4.79 Å². The molecule has 1 saturated heterocycles. The van der Waals surface area contributed by atoms with E-state index in [1.165, 1.54) is 11.3 Å². The number of nitrogens with zero attached hydrogens (tertiary/aromatic N) is 3. The van der Waals surface area contributed by atoms with E-state index in [1.54, 1.807) is 19.4 Å². The van der Waals surface area contributed by atoms with Crippen molar-refractivity contribution < 1.29 is 9.53 Å². The molecule has 1 N–H and O–H groups in total. The van der Waals surface area contributed by atoms with Crippen molar-refractivity contribution in [3.8, 4) is 22.3 Å². The van der Waals surface area contributed by atoms with Gasteiger partial charge in [-0.3, -0.25) is 4.79 Å². The van der Waals surface area contributed by atoms with Crippen LogP contribution < -0.4 is 10.1 Å². The fourth-order valence-corrected chi connectivity index (χ4v) is 3.81. The molecule has 130 valence electrons. The van der Waals surface area contributed by atoms with E-state index in [0.29, 0.717) is 16.4 Å². The number of carbonyl (C=O) groups is 1. The summed E-state index contributed by atoms with van der Waals surface area (Å²) in [4.78, 5) is 19.8. The van der Waals surface area contributed by atoms with Gasteiger partial charge in [0.15, 0.2) is 5.13 Å². The van der Waals surface area contributed by atoms with Crippen molar-refractivity contribution in [1.82, 2.24) is 9.88 Å². The van der Waals surface area contributed by atoms with Crippen molar-refractivity contribution >= 4 is 22.4 Å². The third-order valence-corrected chi connectivity index (χ3v) is 5.30. The van der Waals surface area contributed by atoms with Gasteiger partial charge in [-0.05, 0) is 44.1 Å². The number of anilines is 1. The van der Waals surface area contributed by atoms with Crippen LogP contribution in [0.15, 0.2) is 24.4 Å². The first kappa shape index (κ1) is 17.4. The lowest BCUT2D eigenvalue weighted by Gasteiger charge is -2.28. The summed E-state index contributed by atoms with van der Waals surface area (Å²) in [5.41, 5.74) is 1.40. The molecule has 1 aliphatic heterocycles. The van der Waals surface area contributed by atoms with E-state index in [0.717, 1.165) is 36.4 Å². The highest BCUT2D eigenvalue weighted by atomic mass is 32.1. The Morgan fingerprint density at radius 2 is 2.36 bits per heavy atom. The number of hydrogen-bond donors (Lipinski definition) is 1. The molecule has 0 radical (unpaired) electrons. The molecule has 1 amide bonds. The number of amides is 1. The summed E-state index contributed by atoms with van der Waals surface area (Å²) < 4.78 is 5.25. The van der Waals surface area contributed by atoms with Crippen molar-refractivity contribution in [3.05, 3.63) is 30.0 Å². The Hall–Kier alpha value is -2.43. The Morgan fingerprint density at radius 1 is 1.52 bits per heavy atom. The molecule has 6 nitrogen and oxygen atoms in total. The number of nitriles is 1. The zero-order valence-electron chi connectivity index (χ0n) is 14.3. The summed E-state index contributed by atoms with van der Waals surface area (Å²) in [7, 11) is 3.58. The largest absolute Gasteiger partial charge is 0.495 e. The van der Waals surface area contributed by atoms with Gasteiger partial charge in [-0.2, -0.15) is 5.26 Å². The smallest absolute Gasteiger partial charge is 0.230 e. The minimum absolute atomic E-state index is 0.0149. The first-order valence-corrected chi connectivity index (χ1v) is 8.96. The standard InChI is InChI=1S/C18H20N4O2S/c1-22-7-3-4-14(11-22)17(23)21-18-20-10-16(25-18)12-5-6-13(9-19)15(8-12)24-2/h5-6,8,10,14H,3-4,7,11H2,1-2H3,(H,20,21,23). The molecule has 0 spiro atoms. The van der Waals surface area contributed by atoms with E-state index >= 15 is 0 Å². The van der Waals surface area contributed by atoms with Gasteiger partial charge in [0.2, 0.25) is 5.91 Å². The van der Waals surface area contributed by atoms with E-state index in [1.807, 2.05) is 19.2 Å². The van der Waals surface area contributed by atoms with Crippen LogP contribution in [0.3, 0.4) is 0 Å². The maximum atomic E-state index is 12.4. The number of piperidine rings is 1. The number of likely N-dealkylation sites (tertiary alicyclic amines) is 1. The number of ether oxygens (including phenoxy) is 1. The number of carbonyl (C=O) groups excluding carboxylic acids is 1. The fraction of sp³-hybridized carbons (Fsp3) is 0.389. The van der Waals surface area contributed by atoms with Gasteiger partial charge in [-0.25, -0.2) is 4.98 Å². The minimum atomic E-state index is 0.0149. The Bertz CT molecular complexity index is 812. The maximum absolute atomic E-state index is 12.4. The van der Waals surface area contributed by atoms with Crippen LogP contribution in [-0.4, -0.2) is 43.0 Å². The first-order chi connectivity index (χ1) is 12.1. The summed E-state index contributed by atoms with van der Waals surface area (Å²) in [6.07, 6.45) is 3.69. The van der Waals surface area contributed by atoms with Gasteiger partial charge < -0.3 is 15.0 Å². The molecular formula is C18H20N4O2S. The lowest BCUT2D eigenvalue weighted by molar-refractivity contribution is -0.121. The average molecular weight is 356 g/mol. The second-order valence-corrected chi connectivity index (χ2v) is 7.18. The summed E-state index contributed by atoms with van der Waals surface area (Å²) in [5, 5.41) is 12.6. The van der Waals surface area contributed by atoms with E-state index in [9.17, 15) is 4.79 Å². The Balaban J connectivity index is 1.72. The second-order valence-electron chi connectivity index (χ2n) is 6.15. The molecule has 0 aliphatic carbocycles. The summed E-state index contributed by atoms with van der Waals surface area (Å²) >= 11 is 1.42. The molecular weight excluding hydrogens is 336 g/mol. The number of benzene rings is 1. The molecule has 7 heteroatoms. The first-order valence-electron chi connectivity index (χ1n) is 8.14. The molecule has 1 unspecified atom stereocenters. The summed E-state index contributed by atoms with van der Waals surface area (Å²) in [6.45, 7) is 1.84. The van der Waals surface area contributed by atoms with E-state index in [4.69, 9.17) is 10.00 Å². The van der Waals surface area contributed by atoms with Crippen LogP contribution >= 0.6 is 11.3 Å². The number of nitrogens with one attached hydrogen (secondary N) is 1. The Labute approximate surface area is 151 Å². The molecule has 1 aromatic heterocycles. The van der Waals surface area contributed by atoms with Crippen molar-refractivity contribution in [2.75, 3.05) is 32.6 Å². The number of hydrogen-bond acceptors (Lipinski definition) is 6. The Morgan fingerprint density at radius 3 is 3.08 bits per heavy atom. The van der Waals surface area contributed by atoms with Crippen LogP contribution in [0.4, 0.5) is 5.13 Å². The molecule has 1 atom stereocenters. The number of aromatic nitrogens is 1. The number of methoxy groups -OCH3 is 1. The van der Waals surface area contributed by atoms with Gasteiger partial charge in [-0.1, -0.05) is 17.4 Å². The molecule has 1 aromatic carbocycles. The zero-order chi connectivity index (χ0) is 17.8. The SMILES string of the molecule is COc1cc(-c2cnc(NC(=O)C3CCCN(C)C3)s2)ccc1C#N. The van der Waals surface area contributed by atoms with Crippen LogP contribution in [0.5, 0.6) is 5.75 Å². The van der Waals surface area contributed by atoms with Crippen LogP contribution in [0, 0.1) is 17.2 Å². The highest BCUT2D eigenvalue weighted by molar-refractivity contribution is 7.19. The van der Waals surface area contributed by atoms with E-state index in [-0.39, 0.29) is 11.8 Å². The van der Waals surface area contributed by atoms with Gasteiger partial charge in [0.05, 0.1) is 23.5 Å². The topological polar surface area (TPSA) is 78.2 Å². The summed E-state index contributed by atoms with van der Waals surface area (Å²) in [5.74, 6) is 0.579. The molecule has 3 rings (SSSR count). The highest BCUT2D eigenvalue weighted by Crippen LogP contribution is 2.32. The van der Waals surface area contributed by atoms with Crippen LogP contribution in [0.2, 0.25) is 0 Å². The molecule has 0 bridgehead atoms. The lowest BCUT2D eigenvalue weighted by atomic mass is 9.98. The van der Waals surface area contributed by atoms with Gasteiger partial charge >= 0.3 is 0 Å². The maximum Gasteiger partial charge on any atom is 0.230 e. The molecule has 0 saturated carbocycles. The van der Waals surface area contributed by atoms with Crippen molar-refractivity contribution in [1.29, 1.82) is 5.26 Å². The van der Waals surface area contributed by atoms with Crippen molar-refractivity contribution in [3.63, 3.8) is 0 Å². The second kappa shape index (κ2) is 7.64. The van der Waals surface area contributed by atoms with Gasteiger partial charge in [0.1, 0.15) is 11.8 Å². The normalized spacial score (nSPS) is 17.7. The van der Waals surface area contributed by atoms with Crippen molar-refractivity contribution in [2.45, 2.75) is 12.8 Å². The Kier molecular flexibility index (Phi) is 5.31. The number of thiazole rings is 1. The zero-order valence-corrected chi connectivity index (χ0v) is 15.1. The van der Waals surface area contributed by atoms with E-state index < -0.39 is 0 Å². The highest BCUT2D eigenvalue weighted by Gasteiger charge is 2.24. The van der Waals surface area contributed by atoms with Gasteiger partial charge in [-0.15, -0.1) is 0 Å². The van der Waals surface area contributed by atoms with Crippen molar-refractivity contribution in [2.24, 2.45) is 5.92 Å². The van der Waals surface area contributed by atoms with Gasteiger partial charge in [0, 0.05) is 12.7 Å². The average Bonchev–Trinajstić information content (AvgIpc) is 3.09.